The second kappa shape index (κ2) is 9.52. The Morgan fingerprint density at radius 2 is 1.75 bits per heavy atom. The maximum atomic E-state index is 14.0. The highest BCUT2D eigenvalue weighted by Crippen LogP contribution is 2.57. The monoisotopic (exact) mass is 601 g/mol. The summed E-state index contributed by atoms with van der Waals surface area (Å²) in [5.74, 6) is -4.20. The molecule has 4 atom stereocenters. The number of methoxy groups -OCH3 is 1. The Bertz CT molecular complexity index is 1630. The molecule has 1 saturated heterocycles. The van der Waals surface area contributed by atoms with Gasteiger partial charge >= 0.3 is 0 Å². The number of Topliss-reactive ketones (excluding diaryl/α,β-unsaturated/α-hetero) is 2. The summed E-state index contributed by atoms with van der Waals surface area (Å²) in [6, 6.07) is 11.3. The van der Waals surface area contributed by atoms with Crippen molar-refractivity contribution in [2.45, 2.75) is 25.7 Å². The van der Waals surface area contributed by atoms with Gasteiger partial charge in [-0.15, -0.1) is 0 Å². The molecule has 0 radical (unpaired) electrons. The lowest BCUT2D eigenvalue weighted by Crippen LogP contribution is -2.39. The molecule has 1 aliphatic heterocycles. The number of benzene rings is 2. The highest BCUT2D eigenvalue weighted by Gasteiger charge is 2.57. The number of imide groups is 1. The second-order valence-electron chi connectivity index (χ2n) is 10.4. The van der Waals surface area contributed by atoms with Crippen LogP contribution in [0, 0.1) is 17.8 Å². The number of phenolic OH excluding ortho intramolecular Hbond substituents is 1. The molecule has 3 aliphatic carbocycles. The summed E-state index contributed by atoms with van der Waals surface area (Å²) in [6.07, 6.45) is 3.52. The summed E-state index contributed by atoms with van der Waals surface area (Å²) in [4.78, 5) is 67.1. The van der Waals surface area contributed by atoms with Gasteiger partial charge < -0.3 is 9.84 Å². The minimum atomic E-state index is -0.787. The summed E-state index contributed by atoms with van der Waals surface area (Å²) in [6.45, 7) is 1.44. The maximum absolute atomic E-state index is 14.0. The number of amides is 2. The largest absolute Gasteiger partial charge is 0.504 e. The van der Waals surface area contributed by atoms with Crippen molar-refractivity contribution in [3.05, 3.63) is 86.9 Å². The smallest absolute Gasteiger partial charge is 0.238 e. The van der Waals surface area contributed by atoms with Crippen LogP contribution < -0.4 is 9.64 Å². The summed E-state index contributed by atoms with van der Waals surface area (Å²) < 4.78 is 5.45. The first-order chi connectivity index (χ1) is 19.1. The van der Waals surface area contributed by atoms with Gasteiger partial charge in [-0.3, -0.25) is 28.9 Å². The number of hydrogen-bond donors (Lipinski definition) is 1. The predicted octanol–water partition coefficient (Wildman–Crippen LogP) is 4.57. The normalized spacial score (nSPS) is 25.7. The van der Waals surface area contributed by atoms with Gasteiger partial charge in [-0.2, -0.15) is 0 Å². The van der Waals surface area contributed by atoms with E-state index in [1.807, 2.05) is 6.08 Å². The van der Waals surface area contributed by atoms with Gasteiger partial charge in [0, 0.05) is 34.3 Å². The van der Waals surface area contributed by atoms with Crippen LogP contribution in [-0.2, 0) is 19.2 Å². The molecule has 4 aliphatic rings. The molecule has 9 heteroatoms. The van der Waals surface area contributed by atoms with Crippen LogP contribution in [0.1, 0.15) is 41.6 Å². The Hall–Kier alpha value is -4.11. The molecular formula is C31H24BrNO7. The average molecular weight is 602 g/mol. The van der Waals surface area contributed by atoms with Crippen molar-refractivity contribution in [1.29, 1.82) is 0 Å². The fourth-order valence-corrected chi connectivity index (χ4v) is 7.05. The molecule has 1 N–H and O–H groups in total. The zero-order chi connectivity index (χ0) is 28.5. The number of anilines is 1. The van der Waals surface area contributed by atoms with E-state index in [1.54, 1.807) is 42.5 Å². The Morgan fingerprint density at radius 1 is 1.02 bits per heavy atom. The molecule has 2 amide bonds. The van der Waals surface area contributed by atoms with Gasteiger partial charge in [0.15, 0.2) is 28.8 Å². The quantitative estimate of drug-likeness (QED) is 0.236. The number of phenols is 1. The molecule has 0 saturated carbocycles. The van der Waals surface area contributed by atoms with Crippen molar-refractivity contribution in [3.8, 4) is 11.5 Å². The van der Waals surface area contributed by atoms with Gasteiger partial charge in [0.05, 0.1) is 29.1 Å². The van der Waals surface area contributed by atoms with Crippen LogP contribution in [0.3, 0.4) is 0 Å². The molecule has 0 bridgehead atoms. The molecule has 0 spiro atoms. The lowest BCUT2D eigenvalue weighted by atomic mass is 9.59. The molecule has 40 heavy (non-hydrogen) atoms. The summed E-state index contributed by atoms with van der Waals surface area (Å²) in [5.41, 5.74) is 2.51. The summed E-state index contributed by atoms with van der Waals surface area (Å²) in [5, 5.41) is 11.1. The van der Waals surface area contributed by atoms with E-state index in [0.717, 1.165) is 5.57 Å². The van der Waals surface area contributed by atoms with Crippen LogP contribution in [0.4, 0.5) is 5.69 Å². The molecule has 0 aromatic heterocycles. The highest BCUT2D eigenvalue weighted by atomic mass is 79.9. The van der Waals surface area contributed by atoms with Gasteiger partial charge in [-0.25, -0.2) is 0 Å². The first kappa shape index (κ1) is 26.1. The van der Waals surface area contributed by atoms with Crippen LogP contribution in [-0.4, -0.2) is 41.4 Å². The minimum absolute atomic E-state index is 0.118. The first-order valence-electron chi connectivity index (χ1n) is 12.9. The summed E-state index contributed by atoms with van der Waals surface area (Å²) in [7, 11) is 1.42. The molecule has 4 unspecified atom stereocenters. The zero-order valence-corrected chi connectivity index (χ0v) is 23.2. The third-order valence-electron chi connectivity index (χ3n) is 8.42. The van der Waals surface area contributed by atoms with Crippen molar-refractivity contribution in [2.75, 3.05) is 12.0 Å². The Morgan fingerprint density at radius 3 is 2.42 bits per heavy atom. The summed E-state index contributed by atoms with van der Waals surface area (Å²) >= 11 is 3.21. The number of allylic oxidation sites excluding steroid dienone is 6. The second-order valence-corrected chi connectivity index (χ2v) is 11.3. The number of ketones is 3. The van der Waals surface area contributed by atoms with Crippen LogP contribution in [0.2, 0.25) is 0 Å². The average Bonchev–Trinajstić information content (AvgIpc) is 3.20. The maximum Gasteiger partial charge on any atom is 0.238 e. The van der Waals surface area contributed by atoms with E-state index in [9.17, 15) is 29.1 Å². The number of nitrogens with zero attached hydrogens (tertiary/aromatic N) is 1. The van der Waals surface area contributed by atoms with Gasteiger partial charge in [0.1, 0.15) is 0 Å². The van der Waals surface area contributed by atoms with Crippen LogP contribution >= 0.6 is 15.9 Å². The first-order valence-corrected chi connectivity index (χ1v) is 13.7. The number of rotatable bonds is 4. The van der Waals surface area contributed by atoms with E-state index in [4.69, 9.17) is 4.74 Å². The van der Waals surface area contributed by atoms with Crippen molar-refractivity contribution in [2.24, 2.45) is 17.8 Å². The number of carbonyl (C=O) groups is 5. The third kappa shape index (κ3) is 3.75. The third-order valence-corrected chi connectivity index (χ3v) is 9.01. The Labute approximate surface area is 238 Å². The van der Waals surface area contributed by atoms with Crippen molar-refractivity contribution in [1.82, 2.24) is 0 Å². The number of hydrogen-bond acceptors (Lipinski definition) is 7. The standard InChI is InChI=1S/C31H24BrNO7/c1-14(34)15-6-8-16(9-7-15)33-30(38)19-11-10-17-20(26(19)31(33)39)12-21-27(23(35)13-22(32)28(21)36)25(17)18-4-3-5-24(40-2)29(18)37/h3-10,13,19-20,25-26,37H,11-12H2,1-2H3. The van der Waals surface area contributed by atoms with E-state index in [1.165, 1.54) is 25.0 Å². The molecule has 202 valence electrons. The van der Waals surface area contributed by atoms with E-state index in [-0.39, 0.29) is 69.1 Å². The van der Waals surface area contributed by atoms with Crippen molar-refractivity contribution in [3.63, 3.8) is 0 Å². The van der Waals surface area contributed by atoms with Gasteiger partial charge in [-0.1, -0.05) is 23.8 Å². The fraction of sp³-hybridized carbons (Fsp3) is 0.258. The molecule has 1 fully saturated rings. The van der Waals surface area contributed by atoms with Crippen molar-refractivity contribution < 1.29 is 33.8 Å². The molecule has 6 rings (SSSR count). The molecule has 8 nitrogen and oxygen atoms in total. The van der Waals surface area contributed by atoms with Crippen molar-refractivity contribution >= 4 is 50.8 Å². The highest BCUT2D eigenvalue weighted by molar-refractivity contribution is 9.12. The number of para-hydroxylation sites is 1. The Balaban J connectivity index is 1.47. The Kier molecular flexibility index (Phi) is 6.22. The number of ether oxygens (including phenoxy) is 1. The van der Waals surface area contributed by atoms with E-state index in [0.29, 0.717) is 16.8 Å². The lowest BCUT2D eigenvalue weighted by Gasteiger charge is -2.42. The zero-order valence-electron chi connectivity index (χ0n) is 21.6. The molecule has 2 aromatic rings. The minimum Gasteiger partial charge on any atom is -0.504 e. The molecular weight excluding hydrogens is 578 g/mol. The predicted molar refractivity (Wildman–Crippen MR) is 148 cm³/mol. The lowest BCUT2D eigenvalue weighted by molar-refractivity contribution is -0.123. The number of aromatic hydroxyl groups is 1. The SMILES string of the molecule is COc1cccc(C2C3=CCC4C(=O)N(c5ccc(C(C)=O)cc5)C(=O)C4C3CC3=C2C(=O)C=C(Br)C3=O)c1O. The topological polar surface area (TPSA) is 118 Å². The van der Waals surface area contributed by atoms with E-state index >= 15 is 0 Å². The van der Waals surface area contributed by atoms with Crippen LogP contribution in [0.15, 0.2) is 75.8 Å². The molecule has 1 heterocycles. The van der Waals surface area contributed by atoms with Crippen LogP contribution in [0.25, 0.3) is 0 Å². The molecule has 2 aromatic carbocycles. The van der Waals surface area contributed by atoms with Crippen LogP contribution in [0.5, 0.6) is 11.5 Å². The number of fused-ring (bicyclic) bond motifs is 3. The number of halogens is 1. The van der Waals surface area contributed by atoms with E-state index in [2.05, 4.69) is 15.9 Å². The van der Waals surface area contributed by atoms with Gasteiger partial charge in [-0.05, 0) is 71.9 Å². The van der Waals surface area contributed by atoms with Gasteiger partial charge in [0.25, 0.3) is 0 Å². The van der Waals surface area contributed by atoms with E-state index < -0.39 is 23.7 Å². The fourth-order valence-electron chi connectivity index (χ4n) is 6.60. The van der Waals surface area contributed by atoms with Gasteiger partial charge in [0.2, 0.25) is 11.8 Å². The number of carbonyl (C=O) groups excluding carboxylic acids is 5.